The average Bonchev–Trinajstić information content (AvgIpc) is 3.40. The minimum atomic E-state index is -0.434. The number of methoxy groups -OCH3 is 2. The number of carbonyl (C=O) groups is 1. The van der Waals surface area contributed by atoms with Crippen LogP contribution in [0.4, 0.5) is 22.1 Å². The van der Waals surface area contributed by atoms with Gasteiger partial charge in [-0.05, 0) is 35.7 Å². The fourth-order valence-electron chi connectivity index (χ4n) is 3.68. The zero-order chi connectivity index (χ0) is 27.8. The van der Waals surface area contributed by atoms with Crippen molar-refractivity contribution in [2.24, 2.45) is 0 Å². The predicted molar refractivity (Wildman–Crippen MR) is 149 cm³/mol. The Bertz CT molecular complexity index is 1510. The highest BCUT2D eigenvalue weighted by Gasteiger charge is 2.22. The summed E-state index contributed by atoms with van der Waals surface area (Å²) >= 11 is 0. The molecule has 2 amide bonds. The summed E-state index contributed by atoms with van der Waals surface area (Å²) in [5.74, 6) is 8.62. The summed E-state index contributed by atoms with van der Waals surface area (Å²) in [5.41, 5.74) is 3.42. The smallest absolute Gasteiger partial charge is 0.324 e. The standard InChI is InChI=1S/C29H30N6O4/c1-29(2,3)24-17-39-35-27(24)34-28(36)33-22-8-6-7-19(13-22)9-10-21-15-30-18-32-26(21)31-16-20-11-12-23(37-4)14-25(20)38-5/h6-8,11-15,17-18H,16H2,1-5H3,(H,30,31,32)(H2,33,34,35,36). The average molecular weight is 527 g/mol. The molecule has 0 aliphatic heterocycles. The van der Waals surface area contributed by atoms with Gasteiger partial charge in [-0.2, -0.15) is 0 Å². The van der Waals surface area contributed by atoms with Gasteiger partial charge in [0.25, 0.3) is 0 Å². The Hall–Kier alpha value is -5.04. The van der Waals surface area contributed by atoms with E-state index in [1.165, 1.54) is 12.6 Å². The van der Waals surface area contributed by atoms with Crippen LogP contribution in [0.1, 0.15) is 43.0 Å². The largest absolute Gasteiger partial charge is 0.497 e. The third-order valence-electron chi connectivity index (χ3n) is 5.72. The van der Waals surface area contributed by atoms with Gasteiger partial charge in [-0.15, -0.1) is 0 Å². The normalized spacial score (nSPS) is 10.7. The Labute approximate surface area is 227 Å². The lowest BCUT2D eigenvalue weighted by molar-refractivity contribution is 0.262. The molecule has 200 valence electrons. The van der Waals surface area contributed by atoms with Crippen LogP contribution in [0.3, 0.4) is 0 Å². The van der Waals surface area contributed by atoms with Crippen LogP contribution in [-0.4, -0.2) is 35.4 Å². The van der Waals surface area contributed by atoms with Gasteiger partial charge in [-0.25, -0.2) is 14.8 Å². The Balaban J connectivity index is 1.44. The van der Waals surface area contributed by atoms with E-state index in [2.05, 4.69) is 42.9 Å². The maximum Gasteiger partial charge on any atom is 0.324 e. The van der Waals surface area contributed by atoms with Gasteiger partial charge in [-0.3, -0.25) is 5.32 Å². The van der Waals surface area contributed by atoms with Crippen LogP contribution in [0.5, 0.6) is 11.5 Å². The van der Waals surface area contributed by atoms with Gasteiger partial charge in [-0.1, -0.05) is 43.8 Å². The lowest BCUT2D eigenvalue weighted by atomic mass is 9.89. The molecular weight excluding hydrogens is 496 g/mol. The van der Waals surface area contributed by atoms with E-state index >= 15 is 0 Å². The molecule has 10 heteroatoms. The number of carbonyl (C=O) groups excluding carboxylic acids is 1. The first kappa shape index (κ1) is 27.0. The van der Waals surface area contributed by atoms with E-state index in [9.17, 15) is 4.79 Å². The summed E-state index contributed by atoms with van der Waals surface area (Å²) in [6, 6.07) is 12.4. The van der Waals surface area contributed by atoms with E-state index in [1.807, 2.05) is 51.1 Å². The number of rotatable bonds is 7. The van der Waals surface area contributed by atoms with E-state index in [4.69, 9.17) is 14.0 Å². The first-order valence-corrected chi connectivity index (χ1v) is 12.2. The van der Waals surface area contributed by atoms with Crippen LogP contribution in [0.2, 0.25) is 0 Å². The second-order valence-corrected chi connectivity index (χ2v) is 9.55. The molecule has 10 nitrogen and oxygen atoms in total. The zero-order valence-corrected chi connectivity index (χ0v) is 22.5. The van der Waals surface area contributed by atoms with Crippen molar-refractivity contribution in [3.05, 3.63) is 83.5 Å². The highest BCUT2D eigenvalue weighted by atomic mass is 16.5. The molecule has 2 heterocycles. The third-order valence-corrected chi connectivity index (χ3v) is 5.72. The van der Waals surface area contributed by atoms with Crippen LogP contribution in [0.25, 0.3) is 0 Å². The van der Waals surface area contributed by atoms with Gasteiger partial charge in [0.05, 0.1) is 19.8 Å². The van der Waals surface area contributed by atoms with Gasteiger partial charge in [0, 0.05) is 41.2 Å². The first-order valence-electron chi connectivity index (χ1n) is 12.2. The third kappa shape index (κ3) is 7.05. The predicted octanol–water partition coefficient (Wildman–Crippen LogP) is 5.44. The molecule has 0 atom stereocenters. The molecule has 2 aromatic carbocycles. The molecule has 39 heavy (non-hydrogen) atoms. The molecule has 0 aliphatic carbocycles. The summed E-state index contributed by atoms with van der Waals surface area (Å²) in [4.78, 5) is 21.0. The molecule has 4 aromatic rings. The monoisotopic (exact) mass is 526 g/mol. The number of benzene rings is 2. The Morgan fingerprint density at radius 1 is 1.03 bits per heavy atom. The second kappa shape index (κ2) is 12.0. The van der Waals surface area contributed by atoms with Crippen molar-refractivity contribution in [2.45, 2.75) is 32.7 Å². The number of ether oxygens (including phenoxy) is 2. The van der Waals surface area contributed by atoms with Crippen LogP contribution >= 0.6 is 0 Å². The molecule has 0 fully saturated rings. The van der Waals surface area contributed by atoms with E-state index in [0.29, 0.717) is 46.5 Å². The number of hydrogen-bond donors (Lipinski definition) is 3. The quantitative estimate of drug-likeness (QED) is 0.272. The Morgan fingerprint density at radius 2 is 1.87 bits per heavy atom. The number of nitrogens with zero attached hydrogens (tertiary/aromatic N) is 3. The van der Waals surface area contributed by atoms with Crippen molar-refractivity contribution < 1.29 is 18.8 Å². The Kier molecular flexibility index (Phi) is 8.31. The summed E-state index contributed by atoms with van der Waals surface area (Å²) < 4.78 is 15.8. The van der Waals surface area contributed by atoms with Crippen LogP contribution < -0.4 is 25.4 Å². The van der Waals surface area contributed by atoms with E-state index in [1.54, 1.807) is 32.5 Å². The van der Waals surface area contributed by atoms with Crippen LogP contribution in [-0.2, 0) is 12.0 Å². The minimum Gasteiger partial charge on any atom is -0.497 e. The first-order chi connectivity index (χ1) is 18.8. The van der Waals surface area contributed by atoms with Gasteiger partial charge >= 0.3 is 6.03 Å². The van der Waals surface area contributed by atoms with E-state index in [-0.39, 0.29) is 5.41 Å². The second-order valence-electron chi connectivity index (χ2n) is 9.55. The summed E-state index contributed by atoms with van der Waals surface area (Å²) in [5, 5.41) is 12.8. The molecule has 2 aromatic heterocycles. The molecule has 0 unspecified atom stereocenters. The number of aromatic nitrogens is 3. The van der Waals surface area contributed by atoms with Crippen molar-refractivity contribution in [1.29, 1.82) is 0 Å². The Morgan fingerprint density at radius 3 is 2.64 bits per heavy atom. The van der Waals surface area contributed by atoms with Gasteiger partial charge in [0.15, 0.2) is 5.82 Å². The van der Waals surface area contributed by atoms with Crippen LogP contribution in [0.15, 0.2) is 65.8 Å². The van der Waals surface area contributed by atoms with Gasteiger partial charge in [0.1, 0.15) is 29.9 Å². The maximum absolute atomic E-state index is 12.6. The minimum absolute atomic E-state index is 0.228. The molecule has 0 radical (unpaired) electrons. The molecule has 4 rings (SSSR count). The number of amides is 2. The molecule has 0 aliphatic rings. The topological polar surface area (TPSA) is 123 Å². The number of nitrogens with one attached hydrogen (secondary N) is 3. The van der Waals surface area contributed by atoms with Gasteiger partial charge in [0.2, 0.25) is 0 Å². The van der Waals surface area contributed by atoms with Crippen molar-refractivity contribution in [2.75, 3.05) is 30.2 Å². The van der Waals surface area contributed by atoms with Crippen molar-refractivity contribution >= 4 is 23.4 Å². The summed E-state index contributed by atoms with van der Waals surface area (Å²) in [6.07, 6.45) is 4.64. The fourth-order valence-corrected chi connectivity index (χ4v) is 3.68. The molecule has 0 saturated heterocycles. The number of hydrogen-bond acceptors (Lipinski definition) is 8. The fraction of sp³-hybridized carbons (Fsp3) is 0.241. The highest BCUT2D eigenvalue weighted by Crippen LogP contribution is 2.29. The summed E-state index contributed by atoms with van der Waals surface area (Å²) in [6.45, 7) is 6.51. The lowest BCUT2D eigenvalue weighted by Gasteiger charge is -2.17. The van der Waals surface area contributed by atoms with Crippen molar-refractivity contribution in [1.82, 2.24) is 15.1 Å². The molecule has 0 saturated carbocycles. The zero-order valence-electron chi connectivity index (χ0n) is 22.5. The molecule has 3 N–H and O–H groups in total. The molecular formula is C29H30N6O4. The molecule has 0 spiro atoms. The number of urea groups is 1. The SMILES string of the molecule is COc1ccc(CNc2ncncc2C#Cc2cccc(NC(=O)Nc3nocc3C(C)(C)C)c2)c(OC)c1. The summed E-state index contributed by atoms with van der Waals surface area (Å²) in [7, 11) is 3.23. The van der Waals surface area contributed by atoms with Crippen molar-refractivity contribution in [3.8, 4) is 23.3 Å². The van der Waals surface area contributed by atoms with Gasteiger partial charge < -0.3 is 24.6 Å². The molecule has 0 bridgehead atoms. The maximum atomic E-state index is 12.6. The highest BCUT2D eigenvalue weighted by molar-refractivity contribution is 5.99. The van der Waals surface area contributed by atoms with E-state index in [0.717, 1.165) is 11.1 Å². The number of anilines is 3. The van der Waals surface area contributed by atoms with Crippen LogP contribution in [0, 0.1) is 11.8 Å². The van der Waals surface area contributed by atoms with Crippen molar-refractivity contribution in [3.63, 3.8) is 0 Å². The van der Waals surface area contributed by atoms with E-state index < -0.39 is 6.03 Å². The lowest BCUT2D eigenvalue weighted by Crippen LogP contribution is -2.22.